The van der Waals surface area contributed by atoms with E-state index >= 15 is 0 Å². The van der Waals surface area contributed by atoms with Gasteiger partial charge in [0.25, 0.3) is 5.56 Å². The summed E-state index contributed by atoms with van der Waals surface area (Å²) in [6.07, 6.45) is 3.23. The Morgan fingerprint density at radius 3 is 2.65 bits per heavy atom. The molecule has 0 radical (unpaired) electrons. The van der Waals surface area contributed by atoms with Gasteiger partial charge in [0.2, 0.25) is 0 Å². The van der Waals surface area contributed by atoms with Gasteiger partial charge in [-0.3, -0.25) is 4.79 Å². The zero-order chi connectivity index (χ0) is 16.0. The lowest BCUT2D eigenvalue weighted by atomic mass is 10.1. The predicted octanol–water partition coefficient (Wildman–Crippen LogP) is 2.57. The van der Waals surface area contributed by atoms with E-state index in [1.165, 1.54) is 0 Å². The SMILES string of the molecule is CC(C)n1nc(-c2nnc3n2CCCC3)c2ccccc2c1=O. The maximum absolute atomic E-state index is 12.6. The molecule has 0 spiro atoms. The van der Waals surface area contributed by atoms with Crippen LogP contribution in [0.1, 0.15) is 38.6 Å². The zero-order valence-electron chi connectivity index (χ0n) is 13.4. The van der Waals surface area contributed by atoms with E-state index in [0.29, 0.717) is 5.39 Å². The molecule has 6 nitrogen and oxygen atoms in total. The van der Waals surface area contributed by atoms with Gasteiger partial charge in [-0.25, -0.2) is 4.68 Å². The predicted molar refractivity (Wildman–Crippen MR) is 88.3 cm³/mol. The molecule has 0 N–H and O–H groups in total. The molecule has 4 rings (SSSR count). The third-order valence-corrected chi connectivity index (χ3v) is 4.39. The summed E-state index contributed by atoms with van der Waals surface area (Å²) in [6.45, 7) is 4.84. The van der Waals surface area contributed by atoms with E-state index in [9.17, 15) is 4.79 Å². The normalized spacial score (nSPS) is 14.4. The largest absolute Gasteiger partial charge is 0.310 e. The number of hydrogen-bond acceptors (Lipinski definition) is 4. The molecular weight excluding hydrogens is 290 g/mol. The van der Waals surface area contributed by atoms with Crippen molar-refractivity contribution < 1.29 is 0 Å². The third kappa shape index (κ3) is 2.17. The van der Waals surface area contributed by atoms with Crippen LogP contribution in [0.3, 0.4) is 0 Å². The lowest BCUT2D eigenvalue weighted by Gasteiger charge is -2.16. The van der Waals surface area contributed by atoms with E-state index < -0.39 is 0 Å². The van der Waals surface area contributed by atoms with Crippen molar-refractivity contribution in [2.24, 2.45) is 0 Å². The van der Waals surface area contributed by atoms with Crippen LogP contribution >= 0.6 is 0 Å². The summed E-state index contributed by atoms with van der Waals surface area (Å²) in [4.78, 5) is 12.6. The number of hydrogen-bond donors (Lipinski definition) is 0. The van der Waals surface area contributed by atoms with Crippen molar-refractivity contribution in [3.05, 3.63) is 40.4 Å². The number of benzene rings is 1. The van der Waals surface area contributed by atoms with E-state index in [0.717, 1.165) is 48.5 Å². The van der Waals surface area contributed by atoms with Crippen LogP contribution < -0.4 is 5.56 Å². The second-order valence-corrected chi connectivity index (χ2v) is 6.29. The van der Waals surface area contributed by atoms with E-state index in [-0.39, 0.29) is 11.6 Å². The van der Waals surface area contributed by atoms with Crippen LogP contribution in [0, 0.1) is 0 Å². The standard InChI is InChI=1S/C17H19N5O/c1-11(2)22-17(23)13-8-4-3-7-12(13)15(20-22)16-19-18-14-9-5-6-10-21(14)16/h3-4,7-8,11H,5-6,9-10H2,1-2H3. The van der Waals surface area contributed by atoms with Crippen molar-refractivity contribution in [3.8, 4) is 11.5 Å². The number of fused-ring (bicyclic) bond motifs is 2. The van der Waals surface area contributed by atoms with E-state index in [1.54, 1.807) is 4.68 Å². The minimum Gasteiger partial charge on any atom is -0.310 e. The first kappa shape index (κ1) is 14.1. The Balaban J connectivity index is 2.05. The molecule has 1 aliphatic rings. The van der Waals surface area contributed by atoms with Crippen molar-refractivity contribution >= 4 is 10.8 Å². The van der Waals surface area contributed by atoms with Gasteiger partial charge in [0, 0.05) is 18.4 Å². The molecule has 0 bridgehead atoms. The van der Waals surface area contributed by atoms with Gasteiger partial charge < -0.3 is 4.57 Å². The highest BCUT2D eigenvalue weighted by Gasteiger charge is 2.21. The molecule has 6 heteroatoms. The monoisotopic (exact) mass is 309 g/mol. The average Bonchev–Trinajstić information content (AvgIpc) is 2.99. The van der Waals surface area contributed by atoms with Crippen LogP contribution in [0.2, 0.25) is 0 Å². The van der Waals surface area contributed by atoms with Gasteiger partial charge in [-0.2, -0.15) is 5.10 Å². The highest BCUT2D eigenvalue weighted by atomic mass is 16.1. The lowest BCUT2D eigenvalue weighted by molar-refractivity contribution is 0.504. The molecular formula is C17H19N5O. The smallest absolute Gasteiger partial charge is 0.274 e. The lowest BCUT2D eigenvalue weighted by Crippen LogP contribution is -2.26. The van der Waals surface area contributed by atoms with Crippen molar-refractivity contribution in [2.45, 2.75) is 45.7 Å². The van der Waals surface area contributed by atoms with Gasteiger partial charge in [-0.1, -0.05) is 18.2 Å². The van der Waals surface area contributed by atoms with Gasteiger partial charge in [0.1, 0.15) is 11.5 Å². The van der Waals surface area contributed by atoms with Crippen LogP contribution in [0.15, 0.2) is 29.1 Å². The van der Waals surface area contributed by atoms with Crippen LogP contribution in [0.4, 0.5) is 0 Å². The van der Waals surface area contributed by atoms with Crippen LogP contribution in [0.5, 0.6) is 0 Å². The Morgan fingerprint density at radius 1 is 1.09 bits per heavy atom. The molecule has 0 saturated carbocycles. The minimum absolute atomic E-state index is 0.00500. The molecule has 3 aromatic rings. The third-order valence-electron chi connectivity index (χ3n) is 4.39. The highest BCUT2D eigenvalue weighted by Crippen LogP contribution is 2.26. The maximum Gasteiger partial charge on any atom is 0.274 e. The summed E-state index contributed by atoms with van der Waals surface area (Å²) in [6, 6.07) is 7.61. The van der Waals surface area contributed by atoms with Crippen molar-refractivity contribution in [1.82, 2.24) is 24.5 Å². The number of aryl methyl sites for hydroxylation is 1. The Hall–Kier alpha value is -2.50. The Labute approximate surface area is 133 Å². The molecule has 0 atom stereocenters. The second kappa shape index (κ2) is 5.30. The zero-order valence-corrected chi connectivity index (χ0v) is 13.4. The molecule has 0 fully saturated rings. The Morgan fingerprint density at radius 2 is 1.87 bits per heavy atom. The van der Waals surface area contributed by atoms with Crippen molar-refractivity contribution in [2.75, 3.05) is 0 Å². The molecule has 2 aromatic heterocycles. The van der Waals surface area contributed by atoms with Crippen molar-refractivity contribution in [1.29, 1.82) is 0 Å². The van der Waals surface area contributed by atoms with E-state index in [4.69, 9.17) is 0 Å². The van der Waals surface area contributed by atoms with Gasteiger partial charge in [-0.15, -0.1) is 10.2 Å². The number of nitrogens with zero attached hydrogens (tertiary/aromatic N) is 5. The van der Waals surface area contributed by atoms with Crippen molar-refractivity contribution in [3.63, 3.8) is 0 Å². The second-order valence-electron chi connectivity index (χ2n) is 6.29. The molecule has 0 unspecified atom stereocenters. The first-order chi connectivity index (χ1) is 11.2. The van der Waals surface area contributed by atoms with E-state index in [1.807, 2.05) is 38.1 Å². The summed E-state index contributed by atoms with van der Waals surface area (Å²) in [7, 11) is 0. The van der Waals surface area contributed by atoms with Gasteiger partial charge in [0.05, 0.1) is 11.4 Å². The van der Waals surface area contributed by atoms with Gasteiger partial charge in [0.15, 0.2) is 5.82 Å². The fourth-order valence-corrected chi connectivity index (χ4v) is 3.21. The number of rotatable bonds is 2. The van der Waals surface area contributed by atoms with Crippen LogP contribution in [0.25, 0.3) is 22.3 Å². The van der Waals surface area contributed by atoms with Gasteiger partial charge >= 0.3 is 0 Å². The molecule has 3 heterocycles. The summed E-state index contributed by atoms with van der Waals surface area (Å²) in [5.74, 6) is 1.78. The molecule has 1 aliphatic heterocycles. The summed E-state index contributed by atoms with van der Waals surface area (Å²) in [5.41, 5.74) is 0.687. The number of aromatic nitrogens is 5. The van der Waals surface area contributed by atoms with Gasteiger partial charge in [-0.05, 0) is 32.8 Å². The molecule has 0 amide bonds. The van der Waals surface area contributed by atoms with E-state index in [2.05, 4.69) is 19.9 Å². The first-order valence-corrected chi connectivity index (χ1v) is 8.11. The minimum atomic E-state index is -0.0577. The first-order valence-electron chi connectivity index (χ1n) is 8.11. The van der Waals surface area contributed by atoms with Crippen LogP contribution in [-0.2, 0) is 13.0 Å². The fraction of sp³-hybridized carbons (Fsp3) is 0.412. The maximum atomic E-state index is 12.6. The summed E-state index contributed by atoms with van der Waals surface area (Å²) in [5, 5.41) is 14.9. The summed E-state index contributed by atoms with van der Waals surface area (Å²) >= 11 is 0. The highest BCUT2D eigenvalue weighted by molar-refractivity contribution is 5.92. The molecule has 1 aromatic carbocycles. The average molecular weight is 309 g/mol. The summed E-state index contributed by atoms with van der Waals surface area (Å²) < 4.78 is 3.69. The fourth-order valence-electron chi connectivity index (χ4n) is 3.21. The molecule has 118 valence electrons. The molecule has 0 aliphatic carbocycles. The quantitative estimate of drug-likeness (QED) is 0.730. The van der Waals surface area contributed by atoms with Crippen LogP contribution in [-0.4, -0.2) is 24.5 Å². The topological polar surface area (TPSA) is 65.6 Å². The molecule has 23 heavy (non-hydrogen) atoms. The Kier molecular flexibility index (Phi) is 3.25. The molecule has 0 saturated heterocycles. The Bertz CT molecular complexity index is 938.